The molecule has 1 aromatic heterocycles. The summed E-state index contributed by atoms with van der Waals surface area (Å²) in [5.41, 5.74) is 3.76. The van der Waals surface area contributed by atoms with Gasteiger partial charge in [-0.15, -0.1) is 0 Å². The van der Waals surface area contributed by atoms with Gasteiger partial charge >= 0.3 is 0 Å². The van der Waals surface area contributed by atoms with Gasteiger partial charge in [0, 0.05) is 31.9 Å². The van der Waals surface area contributed by atoms with Crippen molar-refractivity contribution in [2.75, 3.05) is 13.1 Å². The second kappa shape index (κ2) is 9.48. The van der Waals surface area contributed by atoms with E-state index in [9.17, 15) is 8.78 Å². The Hall–Kier alpha value is -2.44. The molecule has 0 bridgehead atoms. The third-order valence-electron chi connectivity index (χ3n) is 4.58. The quantitative estimate of drug-likeness (QED) is 0.576. The van der Waals surface area contributed by atoms with Gasteiger partial charge in [0.25, 0.3) is 0 Å². The monoisotopic (exact) mass is 377 g/mol. The Balaban J connectivity index is 1.99. The van der Waals surface area contributed by atoms with Crippen LogP contribution in [0.3, 0.4) is 0 Å². The molecule has 0 spiro atoms. The number of hydrogen-bond donors (Lipinski definition) is 2. The van der Waals surface area contributed by atoms with Crippen LogP contribution in [0, 0.1) is 25.5 Å². The smallest absolute Gasteiger partial charge is 0.191 e. The molecule has 148 valence electrons. The maximum Gasteiger partial charge on any atom is 0.191 e. The minimum absolute atomic E-state index is 0.148. The van der Waals surface area contributed by atoms with E-state index in [4.69, 9.17) is 0 Å². The molecule has 27 heavy (non-hydrogen) atoms. The summed E-state index contributed by atoms with van der Waals surface area (Å²) in [5.74, 6) is -0.945. The van der Waals surface area contributed by atoms with Gasteiger partial charge in [-0.2, -0.15) is 5.10 Å². The minimum Gasteiger partial charge on any atom is -0.357 e. The zero-order valence-electron chi connectivity index (χ0n) is 16.7. The van der Waals surface area contributed by atoms with Crippen molar-refractivity contribution in [2.45, 2.75) is 46.6 Å². The lowest BCUT2D eigenvalue weighted by molar-refractivity contribution is 0.499. The molecule has 0 fully saturated rings. The van der Waals surface area contributed by atoms with E-state index < -0.39 is 11.6 Å². The highest BCUT2D eigenvalue weighted by Gasteiger charge is 2.14. The van der Waals surface area contributed by atoms with Crippen LogP contribution in [0.5, 0.6) is 0 Å². The minimum atomic E-state index is -0.822. The van der Waals surface area contributed by atoms with Crippen LogP contribution in [-0.4, -0.2) is 34.9 Å². The number of benzene rings is 1. The Labute approximate surface area is 159 Å². The normalized spacial score (nSPS) is 12.9. The Kier molecular flexibility index (Phi) is 7.33. The van der Waals surface area contributed by atoms with Gasteiger partial charge in [-0.25, -0.2) is 8.78 Å². The predicted molar refractivity (Wildman–Crippen MR) is 105 cm³/mol. The van der Waals surface area contributed by atoms with Crippen LogP contribution in [0.4, 0.5) is 8.78 Å². The number of rotatable bonds is 7. The molecule has 2 rings (SSSR count). The molecule has 0 saturated carbocycles. The fraction of sp³-hybridized carbons (Fsp3) is 0.500. The molecule has 1 heterocycles. The van der Waals surface area contributed by atoms with E-state index in [0.29, 0.717) is 24.5 Å². The first kappa shape index (κ1) is 20.9. The third kappa shape index (κ3) is 5.52. The van der Waals surface area contributed by atoms with Gasteiger partial charge in [-0.1, -0.05) is 12.1 Å². The number of aryl methyl sites for hydroxylation is 2. The predicted octanol–water partition coefficient (Wildman–Crippen LogP) is 3.04. The summed E-state index contributed by atoms with van der Waals surface area (Å²) in [4.78, 5) is 4.50. The van der Waals surface area contributed by atoms with E-state index in [1.807, 2.05) is 25.6 Å². The molecule has 1 aromatic carbocycles. The largest absolute Gasteiger partial charge is 0.357 e. The van der Waals surface area contributed by atoms with Crippen LogP contribution in [0.2, 0.25) is 0 Å². The van der Waals surface area contributed by atoms with E-state index in [2.05, 4.69) is 34.6 Å². The molecule has 2 N–H and O–H groups in total. The number of aliphatic imine (C=N–C) groups is 1. The molecule has 2 aromatic rings. The maximum atomic E-state index is 13.7. The van der Waals surface area contributed by atoms with Crippen molar-refractivity contribution in [3.05, 3.63) is 52.3 Å². The molecule has 1 unspecified atom stereocenters. The van der Waals surface area contributed by atoms with Gasteiger partial charge in [-0.3, -0.25) is 9.67 Å². The van der Waals surface area contributed by atoms with Crippen molar-refractivity contribution < 1.29 is 8.78 Å². The Morgan fingerprint density at radius 3 is 2.67 bits per heavy atom. The van der Waals surface area contributed by atoms with Gasteiger partial charge in [0.2, 0.25) is 0 Å². The van der Waals surface area contributed by atoms with Crippen molar-refractivity contribution in [3.63, 3.8) is 0 Å². The lowest BCUT2D eigenvalue weighted by Crippen LogP contribution is -2.43. The average Bonchev–Trinajstić information content (AvgIpc) is 2.85. The summed E-state index contributed by atoms with van der Waals surface area (Å²) < 4.78 is 28.9. The van der Waals surface area contributed by atoms with Crippen LogP contribution in [-0.2, 0) is 19.9 Å². The lowest BCUT2D eigenvalue weighted by atomic mass is 10.1. The topological polar surface area (TPSA) is 54.2 Å². The molecule has 7 heteroatoms. The van der Waals surface area contributed by atoms with Gasteiger partial charge in [0.1, 0.15) is 0 Å². The summed E-state index contributed by atoms with van der Waals surface area (Å²) in [6.07, 6.45) is 1.17. The first-order valence-corrected chi connectivity index (χ1v) is 9.30. The SMILES string of the molecule is CCNC(=NCCc1cccc(F)c1F)NC(C)Cc1c(C)nn(C)c1C. The van der Waals surface area contributed by atoms with Crippen LogP contribution in [0.15, 0.2) is 23.2 Å². The lowest BCUT2D eigenvalue weighted by Gasteiger charge is -2.18. The number of halogens is 2. The Morgan fingerprint density at radius 2 is 2.04 bits per heavy atom. The second-order valence-electron chi connectivity index (χ2n) is 6.75. The standard InChI is InChI=1S/C20H29F2N5/c1-6-23-20(24-11-10-16-8-7-9-18(21)19(16)22)25-13(2)12-17-14(3)26-27(5)15(17)4/h7-9,13H,6,10-12H2,1-5H3,(H2,23,24,25). The molecular weight excluding hydrogens is 348 g/mol. The molecule has 0 radical (unpaired) electrons. The number of hydrogen-bond acceptors (Lipinski definition) is 2. The van der Waals surface area contributed by atoms with E-state index in [-0.39, 0.29) is 6.04 Å². The zero-order valence-corrected chi connectivity index (χ0v) is 16.7. The van der Waals surface area contributed by atoms with Gasteiger partial charge < -0.3 is 10.6 Å². The molecule has 1 atom stereocenters. The first-order valence-electron chi connectivity index (χ1n) is 9.30. The van der Waals surface area contributed by atoms with Crippen molar-refractivity contribution in [1.29, 1.82) is 0 Å². The molecule has 0 aliphatic rings. The van der Waals surface area contributed by atoms with Gasteiger partial charge in [0.05, 0.1) is 5.69 Å². The molecule has 5 nitrogen and oxygen atoms in total. The first-order chi connectivity index (χ1) is 12.8. The highest BCUT2D eigenvalue weighted by Crippen LogP contribution is 2.14. The van der Waals surface area contributed by atoms with Crippen molar-refractivity contribution in [3.8, 4) is 0 Å². The number of nitrogens with zero attached hydrogens (tertiary/aromatic N) is 3. The van der Waals surface area contributed by atoms with E-state index in [1.165, 1.54) is 11.6 Å². The summed E-state index contributed by atoms with van der Waals surface area (Å²) >= 11 is 0. The summed E-state index contributed by atoms with van der Waals surface area (Å²) in [5, 5.41) is 11.0. The highest BCUT2D eigenvalue weighted by molar-refractivity contribution is 5.80. The molecule has 0 saturated heterocycles. The highest BCUT2D eigenvalue weighted by atomic mass is 19.2. The summed E-state index contributed by atoms with van der Waals surface area (Å²) in [6.45, 7) is 9.25. The third-order valence-corrected chi connectivity index (χ3v) is 4.58. The van der Waals surface area contributed by atoms with Crippen molar-refractivity contribution >= 4 is 5.96 Å². The summed E-state index contributed by atoms with van der Waals surface area (Å²) in [7, 11) is 1.95. The Bertz CT molecular complexity index is 798. The Morgan fingerprint density at radius 1 is 1.30 bits per heavy atom. The maximum absolute atomic E-state index is 13.7. The number of nitrogens with one attached hydrogen (secondary N) is 2. The molecule has 0 aliphatic carbocycles. The van der Waals surface area contributed by atoms with Gasteiger partial charge in [0.15, 0.2) is 17.6 Å². The fourth-order valence-electron chi connectivity index (χ4n) is 3.05. The number of guanidine groups is 1. The van der Waals surface area contributed by atoms with E-state index >= 15 is 0 Å². The van der Waals surface area contributed by atoms with Crippen LogP contribution < -0.4 is 10.6 Å². The summed E-state index contributed by atoms with van der Waals surface area (Å²) in [6, 6.07) is 4.37. The van der Waals surface area contributed by atoms with Crippen LogP contribution in [0.1, 0.15) is 36.4 Å². The van der Waals surface area contributed by atoms with Crippen molar-refractivity contribution in [2.24, 2.45) is 12.0 Å². The van der Waals surface area contributed by atoms with Crippen molar-refractivity contribution in [1.82, 2.24) is 20.4 Å². The second-order valence-corrected chi connectivity index (χ2v) is 6.75. The molecular formula is C20H29F2N5. The molecule has 0 aliphatic heterocycles. The number of aromatic nitrogens is 2. The average molecular weight is 377 g/mol. The molecule has 0 amide bonds. The fourth-order valence-corrected chi connectivity index (χ4v) is 3.05. The van der Waals surface area contributed by atoms with Crippen LogP contribution >= 0.6 is 0 Å². The van der Waals surface area contributed by atoms with E-state index in [1.54, 1.807) is 6.07 Å². The van der Waals surface area contributed by atoms with E-state index in [0.717, 1.165) is 30.4 Å². The zero-order chi connectivity index (χ0) is 20.0. The van der Waals surface area contributed by atoms with Gasteiger partial charge in [-0.05, 0) is 57.7 Å². The van der Waals surface area contributed by atoms with Crippen LogP contribution in [0.25, 0.3) is 0 Å².